The molecule has 0 bridgehead atoms. The van der Waals surface area contributed by atoms with Gasteiger partial charge < -0.3 is 10.8 Å². The van der Waals surface area contributed by atoms with Crippen molar-refractivity contribution in [3.05, 3.63) is 27.2 Å². The number of hydrogen-bond donors (Lipinski definition) is 2. The maximum atomic E-state index is 10.5. The minimum Gasteiger partial charge on any atom is -0.481 e. The van der Waals surface area contributed by atoms with E-state index in [-0.39, 0.29) is 6.42 Å². The molecule has 5 heteroatoms. The Bertz CT molecular complexity index is 354. The van der Waals surface area contributed by atoms with Crippen molar-refractivity contribution in [3.63, 3.8) is 0 Å². The van der Waals surface area contributed by atoms with Crippen LogP contribution in [0.2, 0.25) is 5.02 Å². The molecule has 3 nitrogen and oxygen atoms in total. The van der Waals surface area contributed by atoms with Crippen molar-refractivity contribution in [2.75, 3.05) is 5.73 Å². The summed E-state index contributed by atoms with van der Waals surface area (Å²) >= 11 is 8.97. The van der Waals surface area contributed by atoms with Crippen LogP contribution in [0.25, 0.3) is 0 Å². The molecular formula is C8H7BrClNO2. The van der Waals surface area contributed by atoms with Crippen LogP contribution in [0.5, 0.6) is 0 Å². The second kappa shape index (κ2) is 3.98. The molecule has 0 aliphatic heterocycles. The van der Waals surface area contributed by atoms with Gasteiger partial charge in [0.25, 0.3) is 0 Å². The highest BCUT2D eigenvalue weighted by atomic mass is 79.9. The van der Waals surface area contributed by atoms with E-state index in [0.29, 0.717) is 20.7 Å². The monoisotopic (exact) mass is 263 g/mol. The highest BCUT2D eigenvalue weighted by molar-refractivity contribution is 9.10. The van der Waals surface area contributed by atoms with Crippen LogP contribution in [-0.2, 0) is 11.2 Å². The van der Waals surface area contributed by atoms with Gasteiger partial charge in [-0.25, -0.2) is 0 Å². The van der Waals surface area contributed by atoms with Gasteiger partial charge in [-0.2, -0.15) is 0 Å². The number of nitrogen functional groups attached to an aromatic ring is 1. The molecule has 0 radical (unpaired) electrons. The third-order valence-electron chi connectivity index (χ3n) is 1.57. The lowest BCUT2D eigenvalue weighted by Crippen LogP contribution is -2.04. The standard InChI is InChI=1S/C8H7BrClNO2/c9-5-1-2-6(10)4(8(5)11)3-7(12)13/h1-2H,3,11H2,(H,12,13). The van der Waals surface area contributed by atoms with Crippen LogP contribution >= 0.6 is 27.5 Å². The lowest BCUT2D eigenvalue weighted by atomic mass is 10.1. The number of nitrogens with two attached hydrogens (primary N) is 1. The molecule has 0 saturated heterocycles. The summed E-state index contributed by atoms with van der Waals surface area (Å²) in [5, 5.41) is 8.96. The van der Waals surface area contributed by atoms with Crippen molar-refractivity contribution >= 4 is 39.2 Å². The minimum absolute atomic E-state index is 0.163. The van der Waals surface area contributed by atoms with E-state index in [1.807, 2.05) is 0 Å². The van der Waals surface area contributed by atoms with Gasteiger partial charge in [0.1, 0.15) is 0 Å². The number of halogens is 2. The Hall–Kier alpha value is -0.740. The summed E-state index contributed by atoms with van der Waals surface area (Å²) in [5.41, 5.74) is 6.47. The van der Waals surface area contributed by atoms with Crippen LogP contribution in [0.15, 0.2) is 16.6 Å². The fourth-order valence-corrected chi connectivity index (χ4v) is 1.54. The zero-order valence-corrected chi connectivity index (χ0v) is 8.89. The highest BCUT2D eigenvalue weighted by Gasteiger charge is 2.11. The van der Waals surface area contributed by atoms with Crippen LogP contribution in [0.1, 0.15) is 5.56 Å². The van der Waals surface area contributed by atoms with Gasteiger partial charge in [-0.05, 0) is 28.1 Å². The SMILES string of the molecule is Nc1c(Br)ccc(Cl)c1CC(=O)O. The number of hydrogen-bond acceptors (Lipinski definition) is 2. The molecule has 0 aromatic heterocycles. The van der Waals surface area contributed by atoms with Gasteiger partial charge in [0.05, 0.1) is 12.1 Å². The summed E-state index contributed by atoms with van der Waals surface area (Å²) in [7, 11) is 0. The Morgan fingerprint density at radius 3 is 2.77 bits per heavy atom. The zero-order valence-electron chi connectivity index (χ0n) is 6.55. The molecule has 0 saturated carbocycles. The zero-order chi connectivity index (χ0) is 10.0. The minimum atomic E-state index is -0.952. The third kappa shape index (κ3) is 2.35. The van der Waals surface area contributed by atoms with E-state index in [2.05, 4.69) is 15.9 Å². The first-order chi connectivity index (χ1) is 6.02. The lowest BCUT2D eigenvalue weighted by Gasteiger charge is -2.06. The fraction of sp³-hybridized carbons (Fsp3) is 0.125. The predicted molar refractivity (Wildman–Crippen MR) is 54.9 cm³/mol. The Kier molecular flexibility index (Phi) is 3.17. The Labute approximate surface area is 88.6 Å². The average molecular weight is 265 g/mol. The molecule has 13 heavy (non-hydrogen) atoms. The Morgan fingerprint density at radius 2 is 2.23 bits per heavy atom. The molecule has 0 aliphatic carbocycles. The molecule has 0 heterocycles. The van der Waals surface area contributed by atoms with E-state index in [1.54, 1.807) is 12.1 Å². The number of rotatable bonds is 2. The highest BCUT2D eigenvalue weighted by Crippen LogP contribution is 2.29. The molecule has 1 rings (SSSR count). The fourth-order valence-electron chi connectivity index (χ4n) is 0.940. The average Bonchev–Trinajstić information content (AvgIpc) is 2.05. The van der Waals surface area contributed by atoms with E-state index in [1.165, 1.54) is 0 Å². The normalized spacial score (nSPS) is 10.0. The maximum absolute atomic E-state index is 10.5. The smallest absolute Gasteiger partial charge is 0.307 e. The summed E-state index contributed by atoms with van der Waals surface area (Å²) in [6, 6.07) is 3.29. The van der Waals surface area contributed by atoms with Crippen LogP contribution < -0.4 is 5.73 Å². The molecule has 0 fully saturated rings. The van der Waals surface area contributed by atoms with Gasteiger partial charge in [0, 0.05) is 15.1 Å². The number of aliphatic carboxylic acids is 1. The number of carboxylic acids is 1. The molecule has 0 atom stereocenters. The van der Waals surface area contributed by atoms with E-state index in [0.717, 1.165) is 0 Å². The second-order valence-electron chi connectivity index (χ2n) is 2.49. The Balaban J connectivity index is 3.17. The molecule has 0 spiro atoms. The van der Waals surface area contributed by atoms with Crippen LogP contribution in [0.3, 0.4) is 0 Å². The van der Waals surface area contributed by atoms with Gasteiger partial charge in [0.15, 0.2) is 0 Å². The number of benzene rings is 1. The van der Waals surface area contributed by atoms with Crippen LogP contribution in [0, 0.1) is 0 Å². The van der Waals surface area contributed by atoms with Crippen LogP contribution in [-0.4, -0.2) is 11.1 Å². The molecule has 1 aromatic carbocycles. The van der Waals surface area contributed by atoms with E-state index >= 15 is 0 Å². The van der Waals surface area contributed by atoms with Crippen molar-refractivity contribution in [2.45, 2.75) is 6.42 Å². The number of anilines is 1. The molecular weight excluding hydrogens is 257 g/mol. The van der Waals surface area contributed by atoms with Crippen molar-refractivity contribution in [3.8, 4) is 0 Å². The Morgan fingerprint density at radius 1 is 1.62 bits per heavy atom. The predicted octanol–water partition coefficient (Wildman–Crippen LogP) is 2.31. The number of carbonyl (C=O) groups is 1. The summed E-state index contributed by atoms with van der Waals surface area (Å²) in [5.74, 6) is -0.952. The first kappa shape index (κ1) is 10.3. The van der Waals surface area contributed by atoms with Gasteiger partial charge in [-0.15, -0.1) is 0 Å². The van der Waals surface area contributed by atoms with Gasteiger partial charge in [-0.3, -0.25) is 4.79 Å². The molecule has 0 amide bonds. The molecule has 0 unspecified atom stereocenters. The molecule has 0 aliphatic rings. The second-order valence-corrected chi connectivity index (χ2v) is 3.75. The maximum Gasteiger partial charge on any atom is 0.307 e. The summed E-state index contributed by atoms with van der Waals surface area (Å²) < 4.78 is 0.660. The summed E-state index contributed by atoms with van der Waals surface area (Å²) in [6.45, 7) is 0. The van der Waals surface area contributed by atoms with E-state index in [4.69, 9.17) is 22.4 Å². The molecule has 3 N–H and O–H groups in total. The quantitative estimate of drug-likeness (QED) is 0.806. The van der Waals surface area contributed by atoms with Gasteiger partial charge in [0.2, 0.25) is 0 Å². The summed E-state index contributed by atoms with van der Waals surface area (Å²) in [6.07, 6.45) is -0.163. The van der Waals surface area contributed by atoms with Crippen LogP contribution in [0.4, 0.5) is 5.69 Å². The van der Waals surface area contributed by atoms with Crippen molar-refractivity contribution in [1.29, 1.82) is 0 Å². The first-order valence-corrected chi connectivity index (χ1v) is 4.63. The summed E-state index contributed by atoms with van der Waals surface area (Å²) in [4.78, 5) is 10.5. The lowest BCUT2D eigenvalue weighted by molar-refractivity contribution is -0.136. The van der Waals surface area contributed by atoms with Gasteiger partial charge >= 0.3 is 5.97 Å². The number of carboxylic acid groups (broad SMARTS) is 1. The van der Waals surface area contributed by atoms with Gasteiger partial charge in [-0.1, -0.05) is 11.6 Å². The first-order valence-electron chi connectivity index (χ1n) is 3.46. The van der Waals surface area contributed by atoms with E-state index < -0.39 is 5.97 Å². The topological polar surface area (TPSA) is 63.3 Å². The van der Waals surface area contributed by atoms with Crippen molar-refractivity contribution in [1.82, 2.24) is 0 Å². The van der Waals surface area contributed by atoms with Crippen molar-refractivity contribution in [2.24, 2.45) is 0 Å². The van der Waals surface area contributed by atoms with Crippen molar-refractivity contribution < 1.29 is 9.90 Å². The molecule has 70 valence electrons. The largest absolute Gasteiger partial charge is 0.481 e. The van der Waals surface area contributed by atoms with E-state index in [9.17, 15) is 4.79 Å². The third-order valence-corrected chi connectivity index (χ3v) is 2.62. The molecule has 1 aromatic rings.